The quantitative estimate of drug-likeness (QED) is 0.302. The largest absolute Gasteiger partial charge is 0.361 e. The molecule has 2 aromatic heterocycles. The Balaban J connectivity index is 1.33. The Bertz CT molecular complexity index is 1260. The summed E-state index contributed by atoms with van der Waals surface area (Å²) in [4.78, 5) is 28.5. The topological polar surface area (TPSA) is 105 Å². The first kappa shape index (κ1) is 22.5. The molecule has 0 saturated heterocycles. The molecular weight excluding hydrogens is 414 g/mol. The van der Waals surface area contributed by atoms with Crippen LogP contribution in [-0.2, 0) is 30.8 Å². The van der Waals surface area contributed by atoms with Gasteiger partial charge in [0.1, 0.15) is 6.54 Å². The third kappa shape index (κ3) is 5.97. The highest BCUT2D eigenvalue weighted by Gasteiger charge is 2.11. The van der Waals surface area contributed by atoms with E-state index in [9.17, 15) is 9.59 Å². The number of carbonyl (C=O) groups is 1. The van der Waals surface area contributed by atoms with E-state index in [4.69, 9.17) is 5.73 Å². The Labute approximate surface area is 192 Å². The van der Waals surface area contributed by atoms with Crippen molar-refractivity contribution in [1.29, 1.82) is 0 Å². The van der Waals surface area contributed by atoms with Gasteiger partial charge < -0.3 is 25.9 Å². The zero-order valence-corrected chi connectivity index (χ0v) is 18.5. The van der Waals surface area contributed by atoms with E-state index in [0.29, 0.717) is 25.2 Å². The summed E-state index contributed by atoms with van der Waals surface area (Å²) in [6.07, 6.45) is 4.32. The second-order valence-electron chi connectivity index (χ2n) is 8.15. The molecule has 2 heterocycles. The molecule has 1 atom stereocenters. The lowest BCUT2D eigenvalue weighted by atomic mass is 10.1. The number of H-pyrrole nitrogens is 1. The number of rotatable bonds is 10. The Morgan fingerprint density at radius 2 is 1.85 bits per heavy atom. The molecule has 1 amide bonds. The van der Waals surface area contributed by atoms with E-state index in [2.05, 4.69) is 27.8 Å². The van der Waals surface area contributed by atoms with Crippen LogP contribution in [0.25, 0.3) is 10.9 Å². The van der Waals surface area contributed by atoms with Gasteiger partial charge in [-0.3, -0.25) is 9.59 Å². The summed E-state index contributed by atoms with van der Waals surface area (Å²) in [6.45, 7) is 1.25. The third-order valence-electron chi connectivity index (χ3n) is 5.71. The van der Waals surface area contributed by atoms with Gasteiger partial charge in [-0.05, 0) is 47.2 Å². The fraction of sp³-hybridized carbons (Fsp3) is 0.231. The van der Waals surface area contributed by atoms with Crippen molar-refractivity contribution < 1.29 is 4.79 Å². The normalized spacial score (nSPS) is 12.0. The summed E-state index contributed by atoms with van der Waals surface area (Å²) in [5.74, 6) is -0.208. The van der Waals surface area contributed by atoms with Gasteiger partial charge in [0.15, 0.2) is 0 Å². The minimum atomic E-state index is -0.208. The highest BCUT2D eigenvalue weighted by Crippen LogP contribution is 2.14. The molecule has 4 rings (SSSR count). The van der Waals surface area contributed by atoms with Crippen LogP contribution in [0.4, 0.5) is 0 Å². The molecule has 0 aliphatic carbocycles. The van der Waals surface area contributed by atoms with Crippen LogP contribution in [0, 0.1) is 0 Å². The lowest BCUT2D eigenvalue weighted by Crippen LogP contribution is -2.39. The van der Waals surface area contributed by atoms with Crippen molar-refractivity contribution in [1.82, 2.24) is 20.2 Å². The van der Waals surface area contributed by atoms with Crippen molar-refractivity contribution in [2.24, 2.45) is 5.73 Å². The number of carbonyl (C=O) groups excluding carboxylic acids is 1. The van der Waals surface area contributed by atoms with Crippen molar-refractivity contribution in [3.63, 3.8) is 0 Å². The SMILES string of the molecule is NC[C@@H](Cc1ccccc1)NCc1cccn(CC(=O)NCc2ccc3[nH]ccc3c2)c1=O. The summed E-state index contributed by atoms with van der Waals surface area (Å²) in [5, 5.41) is 7.37. The zero-order chi connectivity index (χ0) is 23.0. The fourth-order valence-corrected chi connectivity index (χ4v) is 3.86. The van der Waals surface area contributed by atoms with Crippen LogP contribution in [0.5, 0.6) is 0 Å². The molecule has 0 aliphatic rings. The Hall–Kier alpha value is -3.68. The van der Waals surface area contributed by atoms with Crippen LogP contribution in [0.3, 0.4) is 0 Å². The first-order chi connectivity index (χ1) is 16.1. The average molecular weight is 444 g/mol. The number of nitrogens with zero attached hydrogens (tertiary/aromatic N) is 1. The van der Waals surface area contributed by atoms with Crippen LogP contribution >= 0.6 is 0 Å². The summed E-state index contributed by atoms with van der Waals surface area (Å²) in [6, 6.07) is 21.7. The maximum atomic E-state index is 12.9. The first-order valence-electron chi connectivity index (χ1n) is 11.1. The van der Waals surface area contributed by atoms with Gasteiger partial charge in [0.25, 0.3) is 5.56 Å². The van der Waals surface area contributed by atoms with Crippen LogP contribution in [0.15, 0.2) is 83.9 Å². The smallest absolute Gasteiger partial charge is 0.255 e. The molecule has 5 N–H and O–H groups in total. The van der Waals surface area contributed by atoms with E-state index in [1.54, 1.807) is 18.3 Å². The van der Waals surface area contributed by atoms with E-state index >= 15 is 0 Å². The Morgan fingerprint density at radius 1 is 1.00 bits per heavy atom. The number of fused-ring (bicyclic) bond motifs is 1. The highest BCUT2D eigenvalue weighted by atomic mass is 16.2. The molecule has 0 saturated carbocycles. The zero-order valence-electron chi connectivity index (χ0n) is 18.5. The molecule has 4 aromatic rings. The molecule has 0 bridgehead atoms. The van der Waals surface area contributed by atoms with Gasteiger partial charge in [-0.2, -0.15) is 0 Å². The molecule has 170 valence electrons. The van der Waals surface area contributed by atoms with Crippen molar-refractivity contribution in [3.05, 3.63) is 106 Å². The van der Waals surface area contributed by atoms with Crippen LogP contribution in [0.1, 0.15) is 16.7 Å². The lowest BCUT2D eigenvalue weighted by molar-refractivity contribution is -0.121. The summed E-state index contributed by atoms with van der Waals surface area (Å²) in [5.41, 5.74) is 9.61. The van der Waals surface area contributed by atoms with E-state index in [1.807, 2.05) is 48.7 Å². The van der Waals surface area contributed by atoms with E-state index in [0.717, 1.165) is 22.9 Å². The molecule has 2 aromatic carbocycles. The predicted octanol–water partition coefficient (Wildman–Crippen LogP) is 2.31. The van der Waals surface area contributed by atoms with Crippen molar-refractivity contribution >= 4 is 16.8 Å². The third-order valence-corrected chi connectivity index (χ3v) is 5.71. The summed E-state index contributed by atoms with van der Waals surface area (Å²) in [7, 11) is 0. The number of nitrogens with two attached hydrogens (primary N) is 1. The number of nitrogens with one attached hydrogen (secondary N) is 3. The summed E-state index contributed by atoms with van der Waals surface area (Å²) >= 11 is 0. The Morgan fingerprint density at radius 3 is 2.67 bits per heavy atom. The Kier molecular flexibility index (Phi) is 7.34. The number of hydrogen-bond acceptors (Lipinski definition) is 4. The maximum absolute atomic E-state index is 12.9. The first-order valence-corrected chi connectivity index (χ1v) is 11.1. The van der Waals surface area contributed by atoms with E-state index in [1.165, 1.54) is 10.1 Å². The average Bonchev–Trinajstić information content (AvgIpc) is 3.31. The molecule has 33 heavy (non-hydrogen) atoms. The van der Waals surface area contributed by atoms with Gasteiger partial charge in [0.2, 0.25) is 5.91 Å². The van der Waals surface area contributed by atoms with Gasteiger partial charge in [-0.15, -0.1) is 0 Å². The molecule has 0 aliphatic heterocycles. The number of aromatic amines is 1. The van der Waals surface area contributed by atoms with Crippen LogP contribution < -0.4 is 21.9 Å². The van der Waals surface area contributed by atoms with Crippen molar-refractivity contribution in [2.75, 3.05) is 6.54 Å². The molecule has 0 spiro atoms. The number of aromatic nitrogens is 2. The van der Waals surface area contributed by atoms with Gasteiger partial charge in [-0.1, -0.05) is 42.5 Å². The molecule has 0 fully saturated rings. The summed E-state index contributed by atoms with van der Waals surface area (Å²) < 4.78 is 1.44. The number of hydrogen-bond donors (Lipinski definition) is 4. The minimum absolute atomic E-state index is 0.0244. The second kappa shape index (κ2) is 10.8. The number of benzene rings is 2. The monoisotopic (exact) mass is 443 g/mol. The number of amides is 1. The van der Waals surface area contributed by atoms with Gasteiger partial charge in [-0.25, -0.2) is 0 Å². The second-order valence-corrected chi connectivity index (χ2v) is 8.15. The van der Waals surface area contributed by atoms with Crippen LogP contribution in [-0.4, -0.2) is 28.0 Å². The van der Waals surface area contributed by atoms with E-state index in [-0.39, 0.29) is 24.1 Å². The van der Waals surface area contributed by atoms with E-state index < -0.39 is 0 Å². The standard InChI is InChI=1S/C26H29N5O2/c27-15-23(14-19-5-2-1-3-6-19)29-17-22-7-4-12-31(26(22)33)18-25(32)30-16-20-8-9-24-21(13-20)10-11-28-24/h1-13,23,28-29H,14-18,27H2,(H,30,32)/t23-/m1/s1. The maximum Gasteiger partial charge on any atom is 0.255 e. The fourth-order valence-electron chi connectivity index (χ4n) is 3.86. The van der Waals surface area contributed by atoms with Crippen molar-refractivity contribution in [2.45, 2.75) is 32.1 Å². The minimum Gasteiger partial charge on any atom is -0.361 e. The van der Waals surface area contributed by atoms with Crippen LogP contribution in [0.2, 0.25) is 0 Å². The molecular formula is C26H29N5O2. The van der Waals surface area contributed by atoms with Gasteiger partial charge in [0, 0.05) is 49.1 Å². The highest BCUT2D eigenvalue weighted by molar-refractivity contribution is 5.80. The lowest BCUT2D eigenvalue weighted by Gasteiger charge is -2.17. The molecule has 7 heteroatoms. The predicted molar refractivity (Wildman–Crippen MR) is 131 cm³/mol. The van der Waals surface area contributed by atoms with Gasteiger partial charge in [0.05, 0.1) is 0 Å². The van der Waals surface area contributed by atoms with Gasteiger partial charge >= 0.3 is 0 Å². The molecule has 0 radical (unpaired) electrons. The number of pyridine rings is 1. The van der Waals surface area contributed by atoms with Crippen molar-refractivity contribution in [3.8, 4) is 0 Å². The molecule has 7 nitrogen and oxygen atoms in total. The molecule has 0 unspecified atom stereocenters.